The van der Waals surface area contributed by atoms with Crippen molar-refractivity contribution in [3.05, 3.63) is 48.6 Å². The molecule has 0 aliphatic heterocycles. The van der Waals surface area contributed by atoms with Crippen LogP contribution in [-0.2, 0) is 27.9 Å². The Balaban J connectivity index is 4.01. The molecule has 0 spiro atoms. The maximum Gasteiger partial charge on any atom is 0.306 e. The third kappa shape index (κ3) is 29.7. The van der Waals surface area contributed by atoms with Crippen molar-refractivity contribution in [2.24, 2.45) is 0 Å². The number of unbranched alkanes of at least 4 members (excludes halogenated alkanes) is 5. The van der Waals surface area contributed by atoms with Crippen LogP contribution in [0.5, 0.6) is 0 Å². The first-order chi connectivity index (χ1) is 19.6. The Morgan fingerprint density at radius 3 is 1.98 bits per heavy atom. The fraction of sp³-hybridized carbons (Fsp3) is 0.719. The van der Waals surface area contributed by atoms with Crippen molar-refractivity contribution < 1.29 is 37.3 Å². The Hall–Kier alpha value is -1.54. The quantitative estimate of drug-likeness (QED) is 0.0328. The van der Waals surface area contributed by atoms with Crippen molar-refractivity contribution in [3.8, 4) is 0 Å². The van der Waals surface area contributed by atoms with E-state index in [1.54, 1.807) is 0 Å². The van der Waals surface area contributed by atoms with Crippen LogP contribution >= 0.6 is 7.82 Å². The van der Waals surface area contributed by atoms with Gasteiger partial charge in [0.25, 0.3) is 7.82 Å². The third-order valence-corrected chi connectivity index (χ3v) is 6.83. The molecule has 0 aromatic rings. The molecule has 9 heteroatoms. The molecule has 0 fully saturated rings. The highest BCUT2D eigenvalue weighted by atomic mass is 31.2. The van der Waals surface area contributed by atoms with Crippen molar-refractivity contribution in [1.29, 1.82) is 0 Å². The summed E-state index contributed by atoms with van der Waals surface area (Å²) in [6, 6.07) is 0. The van der Waals surface area contributed by atoms with Gasteiger partial charge in [-0.05, 0) is 51.4 Å². The van der Waals surface area contributed by atoms with E-state index in [4.69, 9.17) is 18.5 Å². The second-order valence-electron chi connectivity index (χ2n) is 11.1. The zero-order chi connectivity index (χ0) is 30.7. The summed E-state index contributed by atoms with van der Waals surface area (Å²) in [5.41, 5.74) is 0. The molecule has 0 saturated carbocycles. The summed E-state index contributed by atoms with van der Waals surface area (Å²) in [5.74, 6) is -0.398. The van der Waals surface area contributed by atoms with E-state index >= 15 is 0 Å². The molecule has 0 radical (unpaired) electrons. The Morgan fingerprint density at radius 2 is 1.37 bits per heavy atom. The van der Waals surface area contributed by atoms with Gasteiger partial charge in [0.1, 0.15) is 19.3 Å². The number of hydrogen-bond donors (Lipinski definition) is 0. The van der Waals surface area contributed by atoms with Crippen molar-refractivity contribution in [2.45, 2.75) is 97.0 Å². The highest BCUT2D eigenvalue weighted by molar-refractivity contribution is 7.45. The first-order valence-electron chi connectivity index (χ1n) is 15.4. The maximum atomic E-state index is 12.1. The Kier molecular flexibility index (Phi) is 25.1. The minimum absolute atomic E-state index is 0.0184. The largest absolute Gasteiger partial charge is 0.756 e. The van der Waals surface area contributed by atoms with E-state index < -0.39 is 19.9 Å². The van der Waals surface area contributed by atoms with Crippen LogP contribution in [0.1, 0.15) is 90.9 Å². The molecule has 0 bridgehead atoms. The zero-order valence-electron chi connectivity index (χ0n) is 26.5. The number of esters is 1. The minimum Gasteiger partial charge on any atom is -0.756 e. The van der Waals surface area contributed by atoms with Gasteiger partial charge in [-0.2, -0.15) is 0 Å². The lowest BCUT2D eigenvalue weighted by molar-refractivity contribution is -0.870. The number of quaternary nitrogens is 1. The van der Waals surface area contributed by atoms with E-state index in [9.17, 15) is 14.3 Å². The molecular formula is C32H58NO7P. The fourth-order valence-corrected chi connectivity index (χ4v) is 4.24. The van der Waals surface area contributed by atoms with Crippen LogP contribution in [0.2, 0.25) is 0 Å². The molecule has 238 valence electrons. The van der Waals surface area contributed by atoms with Crippen LogP contribution in [0, 0.1) is 0 Å². The van der Waals surface area contributed by atoms with E-state index in [0.29, 0.717) is 24.1 Å². The summed E-state index contributed by atoms with van der Waals surface area (Å²) in [5, 5.41) is 0. The summed E-state index contributed by atoms with van der Waals surface area (Å²) >= 11 is 0. The van der Waals surface area contributed by atoms with Crippen molar-refractivity contribution in [1.82, 2.24) is 0 Å². The molecule has 0 aliphatic carbocycles. The highest BCUT2D eigenvalue weighted by Crippen LogP contribution is 2.38. The standard InChI is InChI=1S/C32H58NO7P/c1-6-8-9-10-11-12-13-14-15-16-17-18-19-20-21-22-23-24-27-37-29-31(40-32(34)25-7-2)30-39-41(35,36)38-28-26-33(3,4)5/h8-9,11-12,14-15,17-18,31H,6-7,10,13,16,19-30H2,1-5H3/b9-8-,12-11-,15-14-,18-17-. The molecule has 0 N–H and O–H groups in total. The molecule has 0 rings (SSSR count). The average Bonchev–Trinajstić information content (AvgIpc) is 2.89. The predicted octanol–water partition coefficient (Wildman–Crippen LogP) is 7.07. The van der Waals surface area contributed by atoms with Gasteiger partial charge in [0.15, 0.2) is 0 Å². The zero-order valence-corrected chi connectivity index (χ0v) is 27.4. The summed E-state index contributed by atoms with van der Waals surface area (Å²) in [4.78, 5) is 24.0. The fourth-order valence-electron chi connectivity index (χ4n) is 3.51. The van der Waals surface area contributed by atoms with Crippen LogP contribution < -0.4 is 4.89 Å². The molecule has 0 aromatic heterocycles. The van der Waals surface area contributed by atoms with Gasteiger partial charge in [-0.25, -0.2) is 0 Å². The Labute approximate surface area is 250 Å². The van der Waals surface area contributed by atoms with Crippen LogP contribution in [0.15, 0.2) is 48.6 Å². The molecular weight excluding hydrogens is 541 g/mol. The number of carbonyl (C=O) groups is 1. The number of allylic oxidation sites excluding steroid dienone is 8. The van der Waals surface area contributed by atoms with Crippen molar-refractivity contribution in [3.63, 3.8) is 0 Å². The molecule has 0 saturated heterocycles. The van der Waals surface area contributed by atoms with Gasteiger partial charge in [0, 0.05) is 13.0 Å². The number of likely N-dealkylation sites (N-methyl/N-ethyl adjacent to an activating group) is 1. The lowest BCUT2D eigenvalue weighted by Gasteiger charge is -2.28. The summed E-state index contributed by atoms with van der Waals surface area (Å²) in [6.45, 7) is 4.84. The lowest BCUT2D eigenvalue weighted by atomic mass is 10.1. The molecule has 0 aromatic carbocycles. The van der Waals surface area contributed by atoms with Crippen LogP contribution in [-0.4, -0.2) is 70.7 Å². The van der Waals surface area contributed by atoms with E-state index in [-0.39, 0.29) is 26.2 Å². The number of nitrogens with zero attached hydrogens (tertiary/aromatic N) is 1. The monoisotopic (exact) mass is 599 g/mol. The van der Waals surface area contributed by atoms with E-state index in [0.717, 1.165) is 51.4 Å². The number of phosphoric ester groups is 1. The predicted molar refractivity (Wildman–Crippen MR) is 166 cm³/mol. The minimum atomic E-state index is -4.49. The van der Waals surface area contributed by atoms with E-state index in [1.165, 1.54) is 12.8 Å². The Morgan fingerprint density at radius 1 is 0.780 bits per heavy atom. The number of ether oxygens (including phenoxy) is 2. The molecule has 2 atom stereocenters. The van der Waals surface area contributed by atoms with Crippen LogP contribution in [0.3, 0.4) is 0 Å². The van der Waals surface area contributed by atoms with Gasteiger partial charge in [-0.3, -0.25) is 9.36 Å². The van der Waals surface area contributed by atoms with Gasteiger partial charge >= 0.3 is 5.97 Å². The van der Waals surface area contributed by atoms with E-state index in [2.05, 4.69) is 55.5 Å². The topological polar surface area (TPSA) is 94.1 Å². The van der Waals surface area contributed by atoms with Crippen LogP contribution in [0.25, 0.3) is 0 Å². The average molecular weight is 600 g/mol. The lowest BCUT2D eigenvalue weighted by Crippen LogP contribution is -2.37. The molecule has 0 aliphatic rings. The first kappa shape index (κ1) is 39.5. The van der Waals surface area contributed by atoms with Crippen molar-refractivity contribution >= 4 is 13.8 Å². The van der Waals surface area contributed by atoms with Gasteiger partial charge in [-0.15, -0.1) is 0 Å². The maximum absolute atomic E-state index is 12.1. The highest BCUT2D eigenvalue weighted by Gasteiger charge is 2.20. The molecule has 0 amide bonds. The molecule has 2 unspecified atom stereocenters. The van der Waals surface area contributed by atoms with Gasteiger partial charge in [0.2, 0.25) is 0 Å². The van der Waals surface area contributed by atoms with Gasteiger partial charge in [0.05, 0.1) is 34.4 Å². The summed E-state index contributed by atoms with van der Waals surface area (Å²) in [7, 11) is 1.32. The number of hydrogen-bond acceptors (Lipinski definition) is 7. The third-order valence-electron chi connectivity index (χ3n) is 5.86. The van der Waals surface area contributed by atoms with Gasteiger partial charge in [-0.1, -0.05) is 81.7 Å². The second kappa shape index (κ2) is 26.1. The first-order valence-corrected chi connectivity index (χ1v) is 16.8. The van der Waals surface area contributed by atoms with Crippen LogP contribution in [0.4, 0.5) is 0 Å². The smallest absolute Gasteiger partial charge is 0.306 e. The SMILES string of the molecule is CC/C=C\C/C=C\C/C=C\C/C=C\CCCCCCCOCC(COP(=O)([O-])OCC[N+](C)(C)C)OC(=O)CCC. The molecule has 41 heavy (non-hydrogen) atoms. The number of carbonyl (C=O) groups excluding carboxylic acids is 1. The number of rotatable bonds is 27. The van der Waals surface area contributed by atoms with Gasteiger partial charge < -0.3 is 27.9 Å². The second-order valence-corrected chi connectivity index (χ2v) is 12.5. The van der Waals surface area contributed by atoms with Crippen molar-refractivity contribution in [2.75, 3.05) is 54.1 Å². The summed E-state index contributed by atoms with van der Waals surface area (Å²) < 4.78 is 33.6. The molecule has 8 nitrogen and oxygen atoms in total. The Bertz CT molecular complexity index is 802. The molecule has 0 heterocycles. The number of phosphoric acid groups is 1. The van der Waals surface area contributed by atoms with E-state index in [1.807, 2.05) is 28.1 Å². The normalized spacial score (nSPS) is 15.0. The summed E-state index contributed by atoms with van der Waals surface area (Å²) in [6.07, 6.45) is 28.4.